The van der Waals surface area contributed by atoms with E-state index in [1.54, 1.807) is 40.0 Å². The van der Waals surface area contributed by atoms with Crippen LogP contribution in [0.15, 0.2) is 54.6 Å². The third-order valence-corrected chi connectivity index (χ3v) is 12.9. The summed E-state index contributed by atoms with van der Waals surface area (Å²) in [4.78, 5) is 87.5. The van der Waals surface area contributed by atoms with Crippen LogP contribution in [0.3, 0.4) is 0 Å². The molecule has 0 aliphatic heterocycles. The Balaban J connectivity index is 1.41. The highest BCUT2D eigenvalue weighted by Gasteiger charge is 2.68. The number of hydrogen-bond donors (Lipinski definition) is 4. The Bertz CT molecular complexity index is 1840. The number of rotatable bonds is 17. The van der Waals surface area contributed by atoms with Crippen molar-refractivity contribution in [1.29, 1.82) is 0 Å². The minimum atomic E-state index is -1.36. The largest absolute Gasteiger partial charge is 0.508 e. The molecule has 0 spiro atoms. The number of hydrogen-bond acceptors (Lipinski definition) is 12. The van der Waals surface area contributed by atoms with Crippen LogP contribution in [0.25, 0.3) is 0 Å². The van der Waals surface area contributed by atoms with Gasteiger partial charge < -0.3 is 35.8 Å². The van der Waals surface area contributed by atoms with Gasteiger partial charge in [0.05, 0.1) is 37.1 Å². The lowest BCUT2D eigenvalue weighted by Gasteiger charge is -2.63. The number of methoxy groups -OCH3 is 1. The summed E-state index contributed by atoms with van der Waals surface area (Å²) in [6, 6.07) is 12.2. The molecule has 4 amide bonds. The molecule has 2 aromatic rings. The van der Waals surface area contributed by atoms with E-state index in [2.05, 4.69) is 10.6 Å². The number of ketones is 1. The molecule has 6 atom stereocenters. The second-order valence-corrected chi connectivity index (χ2v) is 18.6. The van der Waals surface area contributed by atoms with Crippen LogP contribution in [0.1, 0.15) is 70.4 Å². The molecule has 59 heavy (non-hydrogen) atoms. The van der Waals surface area contributed by atoms with E-state index in [9.17, 15) is 29.1 Å². The number of ether oxygens (including phenoxy) is 2. The van der Waals surface area contributed by atoms with Gasteiger partial charge >= 0.3 is 12.1 Å². The van der Waals surface area contributed by atoms with Crippen molar-refractivity contribution >= 4 is 47.3 Å². The van der Waals surface area contributed by atoms with Crippen molar-refractivity contribution in [3.63, 3.8) is 0 Å². The summed E-state index contributed by atoms with van der Waals surface area (Å²) in [5.41, 5.74) is 5.61. The molecule has 6 rings (SSSR count). The molecular weight excluding hydrogens is 775 g/mol. The van der Waals surface area contributed by atoms with E-state index in [1.165, 1.54) is 43.0 Å². The lowest BCUT2D eigenvalue weighted by Crippen LogP contribution is -2.72. The minimum Gasteiger partial charge on any atom is -0.508 e. The lowest BCUT2D eigenvalue weighted by molar-refractivity contribution is -0.189. The summed E-state index contributed by atoms with van der Waals surface area (Å²) in [7, 11) is 4.41. The number of aromatic hydroxyl groups is 1. The van der Waals surface area contributed by atoms with Crippen molar-refractivity contribution in [2.45, 2.75) is 101 Å². The van der Waals surface area contributed by atoms with Gasteiger partial charge in [-0.1, -0.05) is 42.5 Å². The van der Waals surface area contributed by atoms with Gasteiger partial charge in [-0.2, -0.15) is 11.8 Å². The van der Waals surface area contributed by atoms with Gasteiger partial charge in [0.1, 0.15) is 17.4 Å². The van der Waals surface area contributed by atoms with Gasteiger partial charge in [-0.15, -0.1) is 0 Å². The monoisotopic (exact) mass is 835 g/mol. The second kappa shape index (κ2) is 18.8. The summed E-state index contributed by atoms with van der Waals surface area (Å²) in [5, 5.41) is 15.4. The van der Waals surface area contributed by atoms with Crippen LogP contribution >= 0.6 is 11.8 Å². The number of nitrogens with two attached hydrogens (primary N) is 1. The van der Waals surface area contributed by atoms with Crippen LogP contribution in [0, 0.1) is 23.2 Å². The molecule has 4 saturated carbocycles. The average Bonchev–Trinajstić information content (AvgIpc) is 3.18. The smallest absolute Gasteiger partial charge is 0.417 e. The molecule has 322 valence electrons. The average molecular weight is 836 g/mol. The molecule has 4 fully saturated rings. The van der Waals surface area contributed by atoms with Crippen molar-refractivity contribution in [1.82, 2.24) is 20.4 Å². The molecule has 2 aromatic carbocycles. The van der Waals surface area contributed by atoms with E-state index in [4.69, 9.17) is 15.2 Å². The number of esters is 1. The highest BCUT2D eigenvalue weighted by molar-refractivity contribution is 7.98. The Morgan fingerprint density at radius 2 is 1.54 bits per heavy atom. The van der Waals surface area contributed by atoms with E-state index in [1.807, 2.05) is 36.6 Å². The molecule has 15 heteroatoms. The van der Waals surface area contributed by atoms with E-state index in [-0.39, 0.29) is 42.6 Å². The fourth-order valence-corrected chi connectivity index (χ4v) is 10.4. The molecule has 4 aliphatic carbocycles. The summed E-state index contributed by atoms with van der Waals surface area (Å²) >= 11 is 1.42. The number of imide groups is 1. The second-order valence-electron chi connectivity index (χ2n) is 17.6. The number of nitrogens with one attached hydrogen (secondary N) is 2. The zero-order chi connectivity index (χ0) is 43.3. The number of nitrogens with zero attached hydrogens (tertiary/aromatic N) is 2. The molecular formula is C44H61N5O9S. The van der Waals surface area contributed by atoms with Crippen LogP contribution < -0.4 is 16.4 Å². The SMILES string of the molecule is CN[C@@H](Cc1ccc(O)cc1)C(=O)N(C(=O)OC(C)(C)C)[C@H](CCSC)C(=O)NCC(=O)N(C)[C@@H](Cc1ccccc1)C(=O)C1C2(N)CC3CC(C2)CC1(C(=O)OC)C3. The minimum absolute atomic E-state index is 0.0578. The standard InChI is InChI=1S/C44H61N5O9S/c1-42(2,3)58-41(56)49(39(54)32(46-4)20-28-13-15-31(50)16-14-28)33(17-18-59-7)38(53)47-26-35(51)48(5)34(21-27-11-9-8-10-12-27)36(52)37-43(40(55)57-6)22-29-19-30(23-43)25-44(37,45)24-29/h8-16,29-30,32-34,37,46,50H,17-26,45H2,1-7H3,(H,47,53)/t29?,30?,32-,33+,34-,37?,43?,44?/m0/s1. The Morgan fingerprint density at radius 3 is 2.10 bits per heavy atom. The summed E-state index contributed by atoms with van der Waals surface area (Å²) in [6.07, 6.45) is 4.35. The highest BCUT2D eigenvalue weighted by Crippen LogP contribution is 2.64. The third kappa shape index (κ3) is 10.3. The number of phenols is 1. The first-order valence-electron chi connectivity index (χ1n) is 20.3. The van der Waals surface area contributed by atoms with E-state index < -0.39 is 76.9 Å². The van der Waals surface area contributed by atoms with Crippen molar-refractivity contribution in [3.05, 3.63) is 65.7 Å². The fraction of sp³-hybridized carbons (Fsp3) is 0.591. The number of Topliss-reactive ketones (excluding diaryl/α,β-unsaturated/α-hetero) is 1. The molecule has 4 aliphatic rings. The van der Waals surface area contributed by atoms with Gasteiger partial charge in [-0.05, 0) is 126 Å². The van der Waals surface area contributed by atoms with Crippen molar-refractivity contribution in [2.75, 3.05) is 39.8 Å². The van der Waals surface area contributed by atoms with E-state index >= 15 is 4.79 Å². The summed E-state index contributed by atoms with van der Waals surface area (Å²) in [6.45, 7) is 4.41. The fourth-order valence-electron chi connectivity index (χ4n) is 9.96. The first kappa shape index (κ1) is 45.6. The molecule has 0 heterocycles. The third-order valence-electron chi connectivity index (χ3n) is 12.2. The Kier molecular flexibility index (Phi) is 14.6. The maximum Gasteiger partial charge on any atom is 0.417 e. The number of carbonyl (C=O) groups is 6. The van der Waals surface area contributed by atoms with Gasteiger partial charge in [0, 0.05) is 12.6 Å². The van der Waals surface area contributed by atoms with Crippen LogP contribution in [-0.4, -0.2) is 119 Å². The topological polar surface area (TPSA) is 198 Å². The number of likely N-dealkylation sites (N-methyl/N-ethyl adjacent to an activating group) is 2. The Hall–Kier alpha value is -4.47. The van der Waals surface area contributed by atoms with Crippen molar-refractivity contribution in [3.8, 4) is 5.75 Å². The quantitative estimate of drug-likeness (QED) is 0.168. The predicted octanol–water partition coefficient (Wildman–Crippen LogP) is 3.86. The first-order valence-corrected chi connectivity index (χ1v) is 21.7. The van der Waals surface area contributed by atoms with E-state index in [0.29, 0.717) is 37.0 Å². The van der Waals surface area contributed by atoms with Crippen molar-refractivity contribution in [2.24, 2.45) is 28.9 Å². The van der Waals surface area contributed by atoms with E-state index in [0.717, 1.165) is 16.9 Å². The number of carbonyl (C=O) groups excluding carboxylic acids is 6. The van der Waals surface area contributed by atoms with Gasteiger partial charge in [-0.3, -0.25) is 24.0 Å². The molecule has 14 nitrogen and oxygen atoms in total. The zero-order valence-corrected chi connectivity index (χ0v) is 36.1. The highest BCUT2D eigenvalue weighted by atomic mass is 32.2. The Morgan fingerprint density at radius 1 is 0.932 bits per heavy atom. The van der Waals surface area contributed by atoms with Crippen LogP contribution in [0.2, 0.25) is 0 Å². The maximum absolute atomic E-state index is 15.1. The van der Waals surface area contributed by atoms with Gasteiger partial charge in [0.2, 0.25) is 17.7 Å². The summed E-state index contributed by atoms with van der Waals surface area (Å²) in [5.74, 6) is -2.81. The number of benzene rings is 2. The molecule has 0 aromatic heterocycles. The van der Waals surface area contributed by atoms with Gasteiger partial charge in [-0.25, -0.2) is 9.69 Å². The maximum atomic E-state index is 15.1. The number of thioether (sulfide) groups is 1. The Labute approximate surface area is 351 Å². The normalized spacial score (nSPS) is 24.6. The molecule has 3 unspecified atom stereocenters. The molecule has 0 saturated heterocycles. The van der Waals surface area contributed by atoms with Gasteiger partial charge in [0.15, 0.2) is 5.78 Å². The van der Waals surface area contributed by atoms with Crippen LogP contribution in [0.5, 0.6) is 5.75 Å². The predicted molar refractivity (Wildman–Crippen MR) is 224 cm³/mol. The van der Waals surface area contributed by atoms with Gasteiger partial charge in [0.25, 0.3) is 0 Å². The first-order chi connectivity index (χ1) is 27.9. The number of phenolic OH excluding ortho intramolecular Hbond substituents is 1. The van der Waals surface area contributed by atoms with Crippen LogP contribution in [0.4, 0.5) is 4.79 Å². The van der Waals surface area contributed by atoms with Crippen molar-refractivity contribution < 1.29 is 43.3 Å². The number of amides is 4. The zero-order valence-electron chi connectivity index (χ0n) is 35.3. The lowest BCUT2D eigenvalue weighted by atomic mass is 9.41. The molecule has 4 bridgehead atoms. The summed E-state index contributed by atoms with van der Waals surface area (Å²) < 4.78 is 11.0. The molecule has 5 N–H and O–H groups in total. The molecule has 0 radical (unpaired) electrons. The van der Waals surface area contributed by atoms with Crippen LogP contribution in [-0.2, 0) is 46.3 Å².